The number of benzene rings is 1. The van der Waals surface area contributed by atoms with E-state index in [0.717, 1.165) is 49.3 Å². The smallest absolute Gasteiger partial charge is 0.221 e. The number of halogens is 2. The molecule has 146 valence electrons. The third-order valence-electron chi connectivity index (χ3n) is 4.40. The summed E-state index contributed by atoms with van der Waals surface area (Å²) in [5.74, 6) is 0.862. The molecule has 0 aliphatic heterocycles. The van der Waals surface area contributed by atoms with Crippen LogP contribution in [0.15, 0.2) is 33.7 Å². The van der Waals surface area contributed by atoms with Gasteiger partial charge in [-0.05, 0) is 37.8 Å². The van der Waals surface area contributed by atoms with E-state index < -0.39 is 0 Å². The summed E-state index contributed by atoms with van der Waals surface area (Å²) in [6.07, 6.45) is 3.75. The minimum absolute atomic E-state index is 0. The van der Waals surface area contributed by atoms with E-state index in [1.54, 1.807) is 0 Å². The van der Waals surface area contributed by atoms with E-state index in [-0.39, 0.29) is 35.3 Å². The Bertz CT molecular complexity index is 605. The lowest BCUT2D eigenvalue weighted by atomic mass is 9.96. The van der Waals surface area contributed by atoms with Crippen molar-refractivity contribution in [1.82, 2.24) is 16.0 Å². The number of nitrogens with one attached hydrogen (secondary N) is 3. The van der Waals surface area contributed by atoms with Crippen molar-refractivity contribution in [3.63, 3.8) is 0 Å². The molecule has 1 amide bonds. The predicted molar refractivity (Wildman–Crippen MR) is 122 cm³/mol. The summed E-state index contributed by atoms with van der Waals surface area (Å²) in [7, 11) is 0. The molecule has 1 aliphatic rings. The van der Waals surface area contributed by atoms with Gasteiger partial charge in [0, 0.05) is 35.9 Å². The van der Waals surface area contributed by atoms with Crippen LogP contribution in [0.2, 0.25) is 0 Å². The summed E-state index contributed by atoms with van der Waals surface area (Å²) >= 11 is 3.66. The number of hydrogen-bond donors (Lipinski definition) is 3. The van der Waals surface area contributed by atoms with Crippen LogP contribution in [0.3, 0.4) is 0 Å². The van der Waals surface area contributed by atoms with E-state index >= 15 is 0 Å². The Morgan fingerprint density at radius 2 is 1.88 bits per heavy atom. The number of amides is 1. The molecular weight excluding hydrogens is 507 g/mol. The number of nitrogens with zero attached hydrogens (tertiary/aromatic N) is 1. The second kappa shape index (κ2) is 11.8. The van der Waals surface area contributed by atoms with Crippen molar-refractivity contribution >= 4 is 51.8 Å². The van der Waals surface area contributed by atoms with Crippen LogP contribution >= 0.6 is 39.9 Å². The molecular formula is C19H30BrIN4O. The zero-order chi connectivity index (χ0) is 18.1. The van der Waals surface area contributed by atoms with Crippen LogP contribution < -0.4 is 16.0 Å². The second-order valence-corrected chi connectivity index (χ2v) is 7.34. The lowest BCUT2D eigenvalue weighted by Gasteiger charge is -2.17. The molecule has 0 radical (unpaired) electrons. The molecule has 0 heterocycles. The number of hydrogen-bond acceptors (Lipinski definition) is 2. The molecule has 3 N–H and O–H groups in total. The monoisotopic (exact) mass is 536 g/mol. The van der Waals surface area contributed by atoms with Gasteiger partial charge < -0.3 is 16.0 Å². The van der Waals surface area contributed by atoms with Gasteiger partial charge in [-0.25, -0.2) is 0 Å². The number of guanidine groups is 1. The highest BCUT2D eigenvalue weighted by molar-refractivity contribution is 14.0. The molecule has 2 rings (SSSR count). The maximum atomic E-state index is 11.7. The summed E-state index contributed by atoms with van der Waals surface area (Å²) < 4.78 is 1.16. The van der Waals surface area contributed by atoms with Crippen LogP contribution in [-0.2, 0) is 10.2 Å². The van der Waals surface area contributed by atoms with Crippen molar-refractivity contribution in [2.75, 3.05) is 26.2 Å². The Balaban J connectivity index is 0.00000338. The molecule has 26 heavy (non-hydrogen) atoms. The van der Waals surface area contributed by atoms with Crippen molar-refractivity contribution in [2.24, 2.45) is 4.99 Å². The lowest BCUT2D eigenvalue weighted by Crippen LogP contribution is -2.40. The van der Waals surface area contributed by atoms with E-state index in [9.17, 15) is 4.79 Å². The second-order valence-electron chi connectivity index (χ2n) is 6.48. The summed E-state index contributed by atoms with van der Waals surface area (Å²) in [6.45, 7) is 6.98. The van der Waals surface area contributed by atoms with E-state index in [0.29, 0.717) is 13.0 Å². The van der Waals surface area contributed by atoms with Crippen molar-refractivity contribution < 1.29 is 4.79 Å². The first-order chi connectivity index (χ1) is 12.1. The fourth-order valence-corrected chi connectivity index (χ4v) is 3.48. The molecule has 0 atom stereocenters. The third kappa shape index (κ3) is 7.06. The molecule has 5 nitrogen and oxygen atoms in total. The van der Waals surface area contributed by atoms with Gasteiger partial charge in [-0.1, -0.05) is 41.1 Å². The number of rotatable bonds is 9. The molecule has 1 aromatic rings. The van der Waals surface area contributed by atoms with E-state index in [4.69, 9.17) is 4.99 Å². The van der Waals surface area contributed by atoms with Crippen LogP contribution in [-0.4, -0.2) is 38.0 Å². The van der Waals surface area contributed by atoms with Gasteiger partial charge >= 0.3 is 0 Å². The van der Waals surface area contributed by atoms with Crippen molar-refractivity contribution in [3.8, 4) is 0 Å². The number of carbonyl (C=O) groups excluding carboxylic acids is 1. The van der Waals surface area contributed by atoms with Crippen LogP contribution in [0.4, 0.5) is 0 Å². The SMILES string of the molecule is CCCNC(=O)CCNC(=NCC1(c2ccccc2Br)CC1)NCC.I. The Morgan fingerprint density at radius 3 is 2.50 bits per heavy atom. The van der Waals surface area contributed by atoms with Gasteiger partial charge in [0.25, 0.3) is 0 Å². The molecule has 0 saturated heterocycles. The van der Waals surface area contributed by atoms with Gasteiger partial charge in [-0.15, -0.1) is 24.0 Å². The van der Waals surface area contributed by atoms with Crippen molar-refractivity contribution in [2.45, 2.75) is 44.9 Å². The first kappa shape index (κ1) is 23.2. The van der Waals surface area contributed by atoms with Crippen molar-refractivity contribution in [3.05, 3.63) is 34.3 Å². The molecule has 1 aromatic carbocycles. The molecule has 1 saturated carbocycles. The standard InChI is InChI=1S/C19H29BrN4O.HI/c1-3-12-22-17(25)9-13-23-18(21-4-2)24-14-19(10-11-19)15-7-5-6-8-16(15)20;/h5-8H,3-4,9-14H2,1-2H3,(H,22,25)(H2,21,23,24);1H. The van der Waals surface area contributed by atoms with Crippen LogP contribution in [0, 0.1) is 0 Å². The summed E-state index contributed by atoms with van der Waals surface area (Å²) in [5.41, 5.74) is 1.49. The van der Waals surface area contributed by atoms with E-state index in [1.165, 1.54) is 5.56 Å². The quantitative estimate of drug-likeness (QED) is 0.257. The van der Waals surface area contributed by atoms with Crippen molar-refractivity contribution in [1.29, 1.82) is 0 Å². The highest BCUT2D eigenvalue weighted by Gasteiger charge is 2.45. The molecule has 7 heteroatoms. The average molecular weight is 537 g/mol. The van der Waals surface area contributed by atoms with Crippen LogP contribution in [0.25, 0.3) is 0 Å². The first-order valence-electron chi connectivity index (χ1n) is 9.15. The van der Waals surface area contributed by atoms with Crippen LogP contribution in [0.1, 0.15) is 45.1 Å². The molecule has 0 unspecified atom stereocenters. The van der Waals surface area contributed by atoms with Gasteiger partial charge in [0.15, 0.2) is 5.96 Å². The fraction of sp³-hybridized carbons (Fsp3) is 0.579. The topological polar surface area (TPSA) is 65.5 Å². The lowest BCUT2D eigenvalue weighted by molar-refractivity contribution is -0.120. The highest BCUT2D eigenvalue weighted by Crippen LogP contribution is 2.50. The molecule has 0 aromatic heterocycles. The van der Waals surface area contributed by atoms with Gasteiger partial charge in [-0.3, -0.25) is 9.79 Å². The third-order valence-corrected chi connectivity index (χ3v) is 5.09. The largest absolute Gasteiger partial charge is 0.357 e. The predicted octanol–water partition coefficient (Wildman–Crippen LogP) is 3.57. The van der Waals surface area contributed by atoms with E-state index in [2.05, 4.69) is 50.1 Å². The Labute approximate surface area is 182 Å². The Kier molecular flexibility index (Phi) is 10.5. The fourth-order valence-electron chi connectivity index (χ4n) is 2.77. The summed E-state index contributed by atoms with van der Waals surface area (Å²) in [6, 6.07) is 8.41. The molecule has 0 spiro atoms. The van der Waals surface area contributed by atoms with Gasteiger partial charge in [0.05, 0.1) is 6.54 Å². The zero-order valence-electron chi connectivity index (χ0n) is 15.6. The minimum atomic E-state index is 0. The van der Waals surface area contributed by atoms with E-state index in [1.807, 2.05) is 19.9 Å². The van der Waals surface area contributed by atoms with Crippen LogP contribution in [0.5, 0.6) is 0 Å². The number of aliphatic imine (C=N–C) groups is 1. The molecule has 0 bridgehead atoms. The number of carbonyl (C=O) groups is 1. The normalized spacial score (nSPS) is 15.0. The molecule has 1 fully saturated rings. The minimum Gasteiger partial charge on any atom is -0.357 e. The Hall–Kier alpha value is -0.830. The summed E-state index contributed by atoms with van der Waals surface area (Å²) in [4.78, 5) is 16.4. The van der Waals surface area contributed by atoms with Gasteiger partial charge in [-0.2, -0.15) is 0 Å². The zero-order valence-corrected chi connectivity index (χ0v) is 19.5. The molecule has 1 aliphatic carbocycles. The Morgan fingerprint density at radius 1 is 1.15 bits per heavy atom. The summed E-state index contributed by atoms with van der Waals surface area (Å²) in [5, 5.41) is 9.41. The first-order valence-corrected chi connectivity index (χ1v) is 9.94. The average Bonchev–Trinajstić information content (AvgIpc) is 3.39. The van der Waals surface area contributed by atoms with Gasteiger partial charge in [0.2, 0.25) is 5.91 Å². The maximum absolute atomic E-state index is 11.7. The highest BCUT2D eigenvalue weighted by atomic mass is 127. The maximum Gasteiger partial charge on any atom is 0.221 e. The van der Waals surface area contributed by atoms with Gasteiger partial charge in [0.1, 0.15) is 0 Å².